The van der Waals surface area contributed by atoms with Gasteiger partial charge in [0.2, 0.25) is 0 Å². The number of thiazole rings is 1. The van der Waals surface area contributed by atoms with Crippen LogP contribution in [0.2, 0.25) is 0 Å². The molecule has 0 fully saturated rings. The van der Waals surface area contributed by atoms with Crippen molar-refractivity contribution in [3.05, 3.63) is 155 Å². The lowest BCUT2D eigenvalue weighted by molar-refractivity contribution is -0.138. The van der Waals surface area contributed by atoms with Gasteiger partial charge >= 0.3 is 5.97 Å². The number of benzene rings is 4. The third-order valence-corrected chi connectivity index (χ3v) is 9.64. The Kier molecular flexibility index (Phi) is 9.49. The van der Waals surface area contributed by atoms with Crippen LogP contribution in [0.3, 0.4) is 0 Å². The van der Waals surface area contributed by atoms with E-state index >= 15 is 0 Å². The second-order valence-corrected chi connectivity index (χ2v) is 12.9. The maximum atomic E-state index is 14.2. The zero-order valence-corrected chi connectivity index (χ0v) is 27.8. The van der Waals surface area contributed by atoms with Gasteiger partial charge < -0.3 is 9.47 Å². The Morgan fingerprint density at radius 2 is 1.71 bits per heavy atom. The molecule has 1 aliphatic rings. The van der Waals surface area contributed by atoms with Gasteiger partial charge in [0.1, 0.15) is 12.4 Å². The van der Waals surface area contributed by atoms with Crippen LogP contribution < -0.4 is 19.6 Å². The first kappa shape index (κ1) is 30.8. The molecule has 0 amide bonds. The number of nitrogens with zero attached hydrogens (tertiary/aromatic N) is 2. The zero-order valence-electron chi connectivity index (χ0n) is 24.6. The first-order valence-electron chi connectivity index (χ1n) is 14.4. The van der Waals surface area contributed by atoms with Crippen molar-refractivity contribution in [1.29, 1.82) is 0 Å². The van der Waals surface area contributed by atoms with E-state index < -0.39 is 12.0 Å². The van der Waals surface area contributed by atoms with Crippen LogP contribution in [0.1, 0.15) is 35.2 Å². The van der Waals surface area contributed by atoms with E-state index in [2.05, 4.69) is 15.9 Å². The fourth-order valence-electron chi connectivity index (χ4n) is 5.15. The number of thioether (sulfide) groups is 1. The van der Waals surface area contributed by atoms with E-state index in [1.54, 1.807) is 23.3 Å². The molecule has 0 bridgehead atoms. The zero-order chi connectivity index (χ0) is 31.3. The number of aromatic nitrogens is 1. The summed E-state index contributed by atoms with van der Waals surface area (Å²) in [5.41, 5.74) is 4.09. The highest BCUT2D eigenvalue weighted by Crippen LogP contribution is 2.36. The lowest BCUT2D eigenvalue weighted by Gasteiger charge is -2.26. The summed E-state index contributed by atoms with van der Waals surface area (Å²) in [6.45, 7) is 2.42. The first-order chi connectivity index (χ1) is 22.0. The summed E-state index contributed by atoms with van der Waals surface area (Å²) in [7, 11) is 0. The van der Waals surface area contributed by atoms with E-state index in [0.717, 1.165) is 31.6 Å². The Hall–Kier alpha value is -4.18. The molecule has 5 aromatic rings. The summed E-state index contributed by atoms with van der Waals surface area (Å²) in [5, 5.41) is 0. The highest BCUT2D eigenvalue weighted by atomic mass is 79.9. The molecule has 2 heterocycles. The molecule has 9 heteroatoms. The average Bonchev–Trinajstić information content (AvgIpc) is 3.38. The van der Waals surface area contributed by atoms with Crippen LogP contribution in [0.4, 0.5) is 0 Å². The van der Waals surface area contributed by atoms with Crippen molar-refractivity contribution in [3.8, 4) is 5.75 Å². The molecule has 0 spiro atoms. The number of ether oxygens (including phenoxy) is 2. The van der Waals surface area contributed by atoms with Crippen molar-refractivity contribution < 1.29 is 14.3 Å². The van der Waals surface area contributed by atoms with Gasteiger partial charge in [-0.15, -0.1) is 11.8 Å². The molecule has 0 aliphatic carbocycles. The summed E-state index contributed by atoms with van der Waals surface area (Å²) in [5.74, 6) is 0.209. The van der Waals surface area contributed by atoms with Gasteiger partial charge in [-0.3, -0.25) is 9.36 Å². The molecule has 1 atom stereocenters. The number of halogens is 1. The Bertz CT molecular complexity index is 2050. The van der Waals surface area contributed by atoms with Crippen LogP contribution in [0, 0.1) is 0 Å². The van der Waals surface area contributed by atoms with Gasteiger partial charge in [-0.25, -0.2) is 9.79 Å². The summed E-state index contributed by atoms with van der Waals surface area (Å²) in [6.07, 6.45) is 3.86. The quantitative estimate of drug-likeness (QED) is 0.123. The van der Waals surface area contributed by atoms with E-state index in [0.29, 0.717) is 33.0 Å². The molecule has 4 aromatic carbocycles. The molecule has 6 rings (SSSR count). The second-order valence-electron chi connectivity index (χ2n) is 10.2. The molecule has 0 unspecified atom stereocenters. The summed E-state index contributed by atoms with van der Waals surface area (Å²) >= 11 is 6.56. The van der Waals surface area contributed by atoms with Crippen LogP contribution in [0.25, 0.3) is 11.8 Å². The molecular formula is C36H29BrN2O4S2. The minimum atomic E-state index is -0.714. The molecular weight excluding hydrogens is 668 g/mol. The Morgan fingerprint density at radius 3 is 2.38 bits per heavy atom. The van der Waals surface area contributed by atoms with Crippen LogP contribution in [0.15, 0.2) is 128 Å². The van der Waals surface area contributed by atoms with Crippen LogP contribution in [-0.2, 0) is 16.1 Å². The average molecular weight is 698 g/mol. The van der Waals surface area contributed by atoms with Crippen LogP contribution in [-0.4, -0.2) is 23.4 Å². The monoisotopic (exact) mass is 696 g/mol. The highest BCUT2D eigenvalue weighted by Gasteiger charge is 2.35. The van der Waals surface area contributed by atoms with Gasteiger partial charge in [0.15, 0.2) is 4.80 Å². The van der Waals surface area contributed by atoms with E-state index in [1.165, 1.54) is 11.3 Å². The number of carbonyl (C=O) groups is 1. The first-order valence-corrected chi connectivity index (χ1v) is 17.2. The normalized spacial score (nSPS) is 14.6. The maximum Gasteiger partial charge on any atom is 0.338 e. The van der Waals surface area contributed by atoms with Gasteiger partial charge in [0.05, 0.1) is 32.9 Å². The fraction of sp³-hybridized carbons (Fsp3) is 0.139. The van der Waals surface area contributed by atoms with Crippen molar-refractivity contribution in [1.82, 2.24) is 4.57 Å². The number of fused-ring (bicyclic) bond motifs is 1. The topological polar surface area (TPSA) is 69.9 Å². The molecule has 0 saturated carbocycles. The lowest BCUT2D eigenvalue weighted by atomic mass is 9.93. The fourth-order valence-corrected chi connectivity index (χ4v) is 7.07. The number of carbonyl (C=O) groups excluding carboxylic acids is 1. The molecule has 0 saturated heterocycles. The van der Waals surface area contributed by atoms with Gasteiger partial charge in [-0.1, -0.05) is 90.2 Å². The van der Waals surface area contributed by atoms with E-state index in [4.69, 9.17) is 14.5 Å². The van der Waals surface area contributed by atoms with Gasteiger partial charge in [-0.2, -0.15) is 0 Å². The second kappa shape index (κ2) is 13.9. The molecule has 0 radical (unpaired) electrons. The number of esters is 1. The molecule has 1 aromatic heterocycles. The van der Waals surface area contributed by atoms with Crippen molar-refractivity contribution in [2.24, 2.45) is 4.99 Å². The Morgan fingerprint density at radius 1 is 1.00 bits per heavy atom. The largest absolute Gasteiger partial charge is 0.488 e. The van der Waals surface area contributed by atoms with E-state index in [1.807, 2.05) is 115 Å². The third-order valence-electron chi connectivity index (χ3n) is 7.30. The Labute approximate surface area is 277 Å². The Balaban J connectivity index is 1.47. The summed E-state index contributed by atoms with van der Waals surface area (Å²) in [4.78, 5) is 34.3. The minimum Gasteiger partial charge on any atom is -0.488 e. The van der Waals surface area contributed by atoms with E-state index in [-0.39, 0.29) is 12.2 Å². The van der Waals surface area contributed by atoms with Gasteiger partial charge in [0.25, 0.3) is 5.56 Å². The highest BCUT2D eigenvalue weighted by molar-refractivity contribution is 9.10. The predicted molar refractivity (Wildman–Crippen MR) is 184 cm³/mol. The standard InChI is InChI=1S/C36H29BrN2O4S2/c1-3-42-35(41)31-32(25-12-8-5-9-13-25)38-36-39(33(31)26-15-17-27(44-2)18-16-26)34(40)30(45-36)21-24-14-19-29(28(37)20-24)43-22-23-10-6-4-7-11-23/h4-21,33H,3,22H2,1-2H3/b30-21-/t33-/m0/s1. The molecule has 226 valence electrons. The van der Waals surface area contributed by atoms with Gasteiger partial charge in [0, 0.05) is 10.5 Å². The molecule has 6 nitrogen and oxygen atoms in total. The van der Waals surface area contributed by atoms with Crippen LogP contribution in [0.5, 0.6) is 5.75 Å². The maximum absolute atomic E-state index is 14.2. The number of rotatable bonds is 9. The molecule has 0 N–H and O–H groups in total. The van der Waals surface area contributed by atoms with Crippen molar-refractivity contribution in [3.63, 3.8) is 0 Å². The minimum absolute atomic E-state index is 0.201. The summed E-state index contributed by atoms with van der Waals surface area (Å²) in [6, 6.07) is 32.5. The predicted octanol–water partition coefficient (Wildman–Crippen LogP) is 7.00. The van der Waals surface area contributed by atoms with Crippen molar-refractivity contribution >= 4 is 56.8 Å². The number of hydrogen-bond acceptors (Lipinski definition) is 7. The lowest BCUT2D eigenvalue weighted by Crippen LogP contribution is -2.40. The van der Waals surface area contributed by atoms with Gasteiger partial charge in [-0.05, 0) is 76.1 Å². The SMILES string of the molecule is CCOC(=O)C1=C(c2ccccc2)N=c2s/c(=C\c3ccc(OCc4ccccc4)c(Br)c3)c(=O)n2[C@H]1c1ccc(SC)cc1. The number of hydrogen-bond donors (Lipinski definition) is 0. The van der Waals surface area contributed by atoms with Crippen molar-refractivity contribution in [2.45, 2.75) is 24.5 Å². The molecule has 1 aliphatic heterocycles. The van der Waals surface area contributed by atoms with Crippen molar-refractivity contribution in [2.75, 3.05) is 12.9 Å². The molecule has 45 heavy (non-hydrogen) atoms. The summed E-state index contributed by atoms with van der Waals surface area (Å²) < 4.78 is 14.5. The smallest absolute Gasteiger partial charge is 0.338 e. The third kappa shape index (κ3) is 6.61. The van der Waals surface area contributed by atoms with Crippen LogP contribution >= 0.6 is 39.0 Å². The van der Waals surface area contributed by atoms with E-state index in [9.17, 15) is 9.59 Å².